The predicted octanol–water partition coefficient (Wildman–Crippen LogP) is 1.22. The van der Waals surface area contributed by atoms with E-state index < -0.39 is 0 Å². The molecule has 2 nitrogen and oxygen atoms in total. The summed E-state index contributed by atoms with van der Waals surface area (Å²) in [6, 6.07) is 0. The Morgan fingerprint density at radius 2 is 2.20 bits per heavy atom. The van der Waals surface area contributed by atoms with E-state index in [-0.39, 0.29) is 5.54 Å². The Kier molecular flexibility index (Phi) is 2.09. The van der Waals surface area contributed by atoms with Crippen LogP contribution in [0.5, 0.6) is 0 Å². The van der Waals surface area contributed by atoms with Crippen molar-refractivity contribution in [3.8, 4) is 0 Å². The molecule has 0 atom stereocenters. The molecule has 0 saturated carbocycles. The minimum atomic E-state index is 0.254. The topological polar surface area (TPSA) is 24.4 Å². The smallest absolute Gasteiger partial charge is 0.0513 e. The first-order valence-corrected chi connectivity index (χ1v) is 3.85. The van der Waals surface area contributed by atoms with Gasteiger partial charge in [0.25, 0.3) is 0 Å². The van der Waals surface area contributed by atoms with Gasteiger partial charge in [-0.2, -0.15) is 0 Å². The standard InChI is InChI=1S/C8H16N2/c1-7-6-8(2,3)10-5-4-9-7/h10H,4-6H2,1-3H3. The number of aliphatic imine (C=N–C) groups is 1. The lowest BCUT2D eigenvalue weighted by Gasteiger charge is -2.23. The maximum atomic E-state index is 4.37. The van der Waals surface area contributed by atoms with Gasteiger partial charge in [-0.15, -0.1) is 0 Å². The maximum absolute atomic E-state index is 4.37. The van der Waals surface area contributed by atoms with Crippen LogP contribution in [0.4, 0.5) is 0 Å². The Balaban J connectivity index is 2.60. The van der Waals surface area contributed by atoms with Crippen molar-refractivity contribution < 1.29 is 0 Å². The first kappa shape index (κ1) is 7.73. The van der Waals surface area contributed by atoms with Gasteiger partial charge in [-0.3, -0.25) is 4.99 Å². The molecule has 0 saturated heterocycles. The van der Waals surface area contributed by atoms with Crippen LogP contribution < -0.4 is 5.32 Å². The Bertz CT molecular complexity index is 147. The molecule has 0 spiro atoms. The first-order valence-electron chi connectivity index (χ1n) is 3.85. The monoisotopic (exact) mass is 140 g/mol. The van der Waals surface area contributed by atoms with Gasteiger partial charge in [-0.25, -0.2) is 0 Å². The number of nitrogens with one attached hydrogen (secondary N) is 1. The maximum Gasteiger partial charge on any atom is 0.0513 e. The molecule has 1 rings (SSSR count). The lowest BCUT2D eigenvalue weighted by atomic mass is 9.98. The SMILES string of the molecule is CC1=NCCNC(C)(C)C1. The minimum absolute atomic E-state index is 0.254. The number of nitrogens with zero attached hydrogens (tertiary/aromatic N) is 1. The molecule has 0 aliphatic carbocycles. The summed E-state index contributed by atoms with van der Waals surface area (Å²) >= 11 is 0. The molecule has 58 valence electrons. The molecule has 0 fully saturated rings. The van der Waals surface area contributed by atoms with E-state index in [0.717, 1.165) is 19.5 Å². The van der Waals surface area contributed by atoms with E-state index in [1.54, 1.807) is 0 Å². The number of hydrogen-bond donors (Lipinski definition) is 1. The van der Waals surface area contributed by atoms with Crippen LogP contribution in [0.25, 0.3) is 0 Å². The largest absolute Gasteiger partial charge is 0.310 e. The summed E-state index contributed by atoms with van der Waals surface area (Å²) in [6.07, 6.45) is 1.08. The fourth-order valence-corrected chi connectivity index (χ4v) is 1.40. The second kappa shape index (κ2) is 2.70. The summed E-state index contributed by atoms with van der Waals surface area (Å²) in [5, 5.41) is 3.44. The van der Waals surface area contributed by atoms with Crippen molar-refractivity contribution in [2.75, 3.05) is 13.1 Å². The molecule has 0 aromatic heterocycles. The molecule has 1 heterocycles. The second-order valence-corrected chi connectivity index (χ2v) is 3.60. The highest BCUT2D eigenvalue weighted by Crippen LogP contribution is 2.10. The summed E-state index contributed by atoms with van der Waals surface area (Å²) in [5.41, 5.74) is 1.53. The van der Waals surface area contributed by atoms with Crippen molar-refractivity contribution in [2.45, 2.75) is 32.7 Å². The van der Waals surface area contributed by atoms with Crippen LogP contribution in [-0.2, 0) is 0 Å². The van der Waals surface area contributed by atoms with Gasteiger partial charge in [0.2, 0.25) is 0 Å². The summed E-state index contributed by atoms with van der Waals surface area (Å²) in [5.74, 6) is 0. The van der Waals surface area contributed by atoms with Crippen molar-refractivity contribution in [1.29, 1.82) is 0 Å². The van der Waals surface area contributed by atoms with Crippen molar-refractivity contribution in [2.24, 2.45) is 4.99 Å². The highest BCUT2D eigenvalue weighted by Gasteiger charge is 2.19. The van der Waals surface area contributed by atoms with Crippen LogP contribution in [-0.4, -0.2) is 24.3 Å². The minimum Gasteiger partial charge on any atom is -0.310 e. The zero-order chi connectivity index (χ0) is 7.61. The zero-order valence-corrected chi connectivity index (χ0v) is 7.07. The van der Waals surface area contributed by atoms with E-state index >= 15 is 0 Å². The lowest BCUT2D eigenvalue weighted by Crippen LogP contribution is -2.40. The normalized spacial score (nSPS) is 25.3. The van der Waals surface area contributed by atoms with Crippen molar-refractivity contribution in [3.05, 3.63) is 0 Å². The fraction of sp³-hybridized carbons (Fsp3) is 0.875. The molecule has 0 amide bonds. The Morgan fingerprint density at radius 3 is 2.90 bits per heavy atom. The molecule has 10 heavy (non-hydrogen) atoms. The molecule has 0 radical (unpaired) electrons. The third-order valence-corrected chi connectivity index (χ3v) is 1.79. The van der Waals surface area contributed by atoms with Crippen LogP contribution in [0.15, 0.2) is 4.99 Å². The van der Waals surface area contributed by atoms with Gasteiger partial charge < -0.3 is 5.32 Å². The van der Waals surface area contributed by atoms with Crippen molar-refractivity contribution in [3.63, 3.8) is 0 Å². The fourth-order valence-electron chi connectivity index (χ4n) is 1.40. The third-order valence-electron chi connectivity index (χ3n) is 1.79. The molecular formula is C8H16N2. The van der Waals surface area contributed by atoms with E-state index in [0.29, 0.717) is 0 Å². The average molecular weight is 140 g/mol. The molecule has 0 aromatic carbocycles. The molecule has 0 unspecified atom stereocenters. The molecule has 1 aliphatic heterocycles. The summed E-state index contributed by atoms with van der Waals surface area (Å²) in [7, 11) is 0. The van der Waals surface area contributed by atoms with E-state index in [1.807, 2.05) is 0 Å². The van der Waals surface area contributed by atoms with E-state index in [2.05, 4.69) is 31.1 Å². The van der Waals surface area contributed by atoms with E-state index in [4.69, 9.17) is 0 Å². The van der Waals surface area contributed by atoms with Crippen LogP contribution in [0.1, 0.15) is 27.2 Å². The third kappa shape index (κ3) is 2.10. The Morgan fingerprint density at radius 1 is 1.50 bits per heavy atom. The summed E-state index contributed by atoms with van der Waals surface area (Å²) in [6.45, 7) is 8.50. The molecule has 0 aromatic rings. The number of rotatable bonds is 0. The molecule has 0 bridgehead atoms. The van der Waals surface area contributed by atoms with Gasteiger partial charge in [0.1, 0.15) is 0 Å². The molecular weight excluding hydrogens is 124 g/mol. The summed E-state index contributed by atoms with van der Waals surface area (Å²) in [4.78, 5) is 4.37. The van der Waals surface area contributed by atoms with E-state index in [9.17, 15) is 0 Å². The van der Waals surface area contributed by atoms with Crippen molar-refractivity contribution >= 4 is 5.71 Å². The quantitative estimate of drug-likeness (QED) is 0.537. The highest BCUT2D eigenvalue weighted by molar-refractivity contribution is 5.83. The first-order chi connectivity index (χ1) is 4.60. The van der Waals surface area contributed by atoms with Crippen LogP contribution >= 0.6 is 0 Å². The van der Waals surface area contributed by atoms with Gasteiger partial charge in [0.15, 0.2) is 0 Å². The Labute approximate surface area is 62.7 Å². The van der Waals surface area contributed by atoms with Crippen molar-refractivity contribution in [1.82, 2.24) is 5.32 Å². The highest BCUT2D eigenvalue weighted by atomic mass is 15.0. The molecule has 1 N–H and O–H groups in total. The average Bonchev–Trinajstić information content (AvgIpc) is 1.90. The predicted molar refractivity (Wildman–Crippen MR) is 44.7 cm³/mol. The van der Waals surface area contributed by atoms with Gasteiger partial charge in [0, 0.05) is 24.2 Å². The molecule has 2 heteroatoms. The van der Waals surface area contributed by atoms with Crippen LogP contribution in [0, 0.1) is 0 Å². The zero-order valence-electron chi connectivity index (χ0n) is 7.07. The van der Waals surface area contributed by atoms with Crippen LogP contribution in [0.2, 0.25) is 0 Å². The van der Waals surface area contributed by atoms with Crippen LogP contribution in [0.3, 0.4) is 0 Å². The summed E-state index contributed by atoms with van der Waals surface area (Å²) < 4.78 is 0. The van der Waals surface area contributed by atoms with Gasteiger partial charge in [-0.05, 0) is 20.8 Å². The van der Waals surface area contributed by atoms with Gasteiger partial charge in [-0.1, -0.05) is 0 Å². The number of hydrogen-bond acceptors (Lipinski definition) is 2. The second-order valence-electron chi connectivity index (χ2n) is 3.60. The van der Waals surface area contributed by atoms with E-state index in [1.165, 1.54) is 5.71 Å². The Hall–Kier alpha value is -0.370. The van der Waals surface area contributed by atoms with Gasteiger partial charge in [0.05, 0.1) is 6.54 Å². The lowest BCUT2D eigenvalue weighted by molar-refractivity contribution is 0.417. The molecule has 1 aliphatic rings. The van der Waals surface area contributed by atoms with Gasteiger partial charge >= 0.3 is 0 Å².